The van der Waals surface area contributed by atoms with E-state index in [2.05, 4.69) is 5.32 Å². The number of rotatable bonds is 6. The van der Waals surface area contributed by atoms with E-state index < -0.39 is 10.0 Å². The van der Waals surface area contributed by atoms with Crippen LogP contribution in [0.1, 0.15) is 32.3 Å². The molecule has 0 aliphatic carbocycles. The van der Waals surface area contributed by atoms with Crippen LogP contribution in [0.15, 0.2) is 53.4 Å². The first kappa shape index (κ1) is 24.2. The molecule has 9 heteroatoms. The van der Waals surface area contributed by atoms with Gasteiger partial charge in [-0.1, -0.05) is 32.0 Å². The summed E-state index contributed by atoms with van der Waals surface area (Å²) in [6.45, 7) is 5.98. The third-order valence-corrected chi connectivity index (χ3v) is 8.68. The highest BCUT2D eigenvalue weighted by molar-refractivity contribution is 7.89. The summed E-state index contributed by atoms with van der Waals surface area (Å²) < 4.78 is 27.2. The summed E-state index contributed by atoms with van der Waals surface area (Å²) in [5.41, 5.74) is 2.37. The van der Waals surface area contributed by atoms with Crippen LogP contribution in [-0.2, 0) is 21.2 Å². The third kappa shape index (κ3) is 4.81. The summed E-state index contributed by atoms with van der Waals surface area (Å²) in [6, 6.07) is 14.1. The van der Waals surface area contributed by atoms with Gasteiger partial charge < -0.3 is 15.1 Å². The Hall–Kier alpha value is -2.91. The lowest BCUT2D eigenvalue weighted by atomic mass is 9.96. The van der Waals surface area contributed by atoms with E-state index in [4.69, 9.17) is 0 Å². The number of nitrogens with one attached hydrogen (secondary N) is 1. The van der Waals surface area contributed by atoms with Gasteiger partial charge in [0.15, 0.2) is 0 Å². The molecule has 0 aromatic heterocycles. The number of carbonyl (C=O) groups is 2. The molecule has 2 aliphatic heterocycles. The van der Waals surface area contributed by atoms with Gasteiger partial charge in [0.2, 0.25) is 15.9 Å². The molecule has 1 fully saturated rings. The van der Waals surface area contributed by atoms with Crippen LogP contribution in [0.25, 0.3) is 0 Å². The van der Waals surface area contributed by atoms with Gasteiger partial charge in [-0.05, 0) is 55.2 Å². The minimum Gasteiger partial charge on any atom is -0.324 e. The molecule has 1 saturated heterocycles. The van der Waals surface area contributed by atoms with Crippen LogP contribution in [0.5, 0.6) is 0 Å². The first-order chi connectivity index (χ1) is 16.3. The van der Waals surface area contributed by atoms with Gasteiger partial charge in [0.05, 0.1) is 10.8 Å². The van der Waals surface area contributed by atoms with E-state index in [0.717, 1.165) is 29.8 Å². The number of urea groups is 1. The normalized spacial score (nSPS) is 18.1. The second kappa shape index (κ2) is 10.1. The van der Waals surface area contributed by atoms with Gasteiger partial charge in [-0.3, -0.25) is 4.79 Å². The molecule has 1 atom stereocenters. The molecule has 0 radical (unpaired) electrons. The number of carbonyl (C=O) groups excluding carboxylic acids is 2. The van der Waals surface area contributed by atoms with E-state index in [1.807, 2.05) is 44.2 Å². The highest BCUT2D eigenvalue weighted by Gasteiger charge is 2.35. The number of likely N-dealkylation sites (tertiary alicyclic amines) is 1. The number of sulfonamides is 1. The van der Waals surface area contributed by atoms with E-state index in [-0.39, 0.29) is 22.8 Å². The monoisotopic (exact) mass is 484 g/mol. The van der Waals surface area contributed by atoms with Crippen molar-refractivity contribution in [3.8, 4) is 0 Å². The van der Waals surface area contributed by atoms with Gasteiger partial charge >= 0.3 is 6.03 Å². The molecule has 182 valence electrons. The van der Waals surface area contributed by atoms with Gasteiger partial charge in [-0.15, -0.1) is 0 Å². The Kier molecular flexibility index (Phi) is 7.23. The molecule has 0 saturated carbocycles. The summed E-state index contributed by atoms with van der Waals surface area (Å²) in [4.78, 5) is 29.9. The molecule has 4 rings (SSSR count). The van der Waals surface area contributed by atoms with Crippen molar-refractivity contribution in [2.45, 2.75) is 38.0 Å². The van der Waals surface area contributed by atoms with Crippen molar-refractivity contribution >= 4 is 33.3 Å². The Morgan fingerprint density at radius 1 is 1.06 bits per heavy atom. The standard InChI is InChI=1S/C25H32N4O4S/c1-3-28(4-2)34(32,33)22-12-13-23-19(17-22)14-16-29(23)24(30)20-9-8-15-27(18-20)25(31)26-21-10-6-5-7-11-21/h5-7,10-13,17,20H,3-4,8-9,14-16,18H2,1-2H3,(H,26,31). The predicted octanol–water partition coefficient (Wildman–Crippen LogP) is 3.55. The maximum Gasteiger partial charge on any atom is 0.321 e. The van der Waals surface area contributed by atoms with Crippen LogP contribution in [0.3, 0.4) is 0 Å². The number of nitrogens with zero attached hydrogens (tertiary/aromatic N) is 3. The zero-order valence-corrected chi connectivity index (χ0v) is 20.6. The summed E-state index contributed by atoms with van der Waals surface area (Å²) in [7, 11) is -3.54. The van der Waals surface area contributed by atoms with E-state index >= 15 is 0 Å². The Labute approximate surface area is 201 Å². The molecule has 1 unspecified atom stereocenters. The van der Waals surface area contributed by atoms with E-state index in [0.29, 0.717) is 39.1 Å². The van der Waals surface area contributed by atoms with Crippen LogP contribution in [-0.4, -0.2) is 62.3 Å². The van der Waals surface area contributed by atoms with E-state index in [9.17, 15) is 18.0 Å². The molecule has 2 heterocycles. The van der Waals surface area contributed by atoms with Crippen molar-refractivity contribution in [2.24, 2.45) is 5.92 Å². The zero-order valence-electron chi connectivity index (χ0n) is 19.7. The molecule has 8 nitrogen and oxygen atoms in total. The third-order valence-electron chi connectivity index (χ3n) is 6.64. The van der Waals surface area contributed by atoms with E-state index in [1.165, 1.54) is 4.31 Å². The van der Waals surface area contributed by atoms with Crippen molar-refractivity contribution in [1.29, 1.82) is 0 Å². The molecule has 0 spiro atoms. The van der Waals surface area contributed by atoms with Crippen LogP contribution in [0.2, 0.25) is 0 Å². The molecule has 1 N–H and O–H groups in total. The summed E-state index contributed by atoms with van der Waals surface area (Å²) in [6.07, 6.45) is 2.11. The van der Waals surface area contributed by atoms with Crippen molar-refractivity contribution in [1.82, 2.24) is 9.21 Å². The minimum atomic E-state index is -3.54. The quantitative estimate of drug-likeness (QED) is 0.679. The van der Waals surface area contributed by atoms with Gasteiger partial charge in [0.25, 0.3) is 0 Å². The Bertz CT molecular complexity index is 1150. The summed E-state index contributed by atoms with van der Waals surface area (Å²) in [5.74, 6) is -0.282. The summed E-state index contributed by atoms with van der Waals surface area (Å²) in [5, 5.41) is 2.90. The van der Waals surface area contributed by atoms with Crippen LogP contribution in [0.4, 0.5) is 16.2 Å². The predicted molar refractivity (Wildman–Crippen MR) is 132 cm³/mol. The maximum absolute atomic E-state index is 13.4. The molecule has 2 aromatic rings. The molecule has 3 amide bonds. The number of benzene rings is 2. The number of fused-ring (bicyclic) bond motifs is 1. The number of piperidine rings is 1. The fraction of sp³-hybridized carbons (Fsp3) is 0.440. The number of amides is 3. The Morgan fingerprint density at radius 3 is 2.50 bits per heavy atom. The smallest absolute Gasteiger partial charge is 0.321 e. The first-order valence-electron chi connectivity index (χ1n) is 11.9. The molecule has 2 aromatic carbocycles. The highest BCUT2D eigenvalue weighted by atomic mass is 32.2. The fourth-order valence-electron chi connectivity index (χ4n) is 4.79. The second-order valence-electron chi connectivity index (χ2n) is 8.70. The van der Waals surface area contributed by atoms with E-state index in [1.54, 1.807) is 28.0 Å². The molecular formula is C25H32N4O4S. The van der Waals surface area contributed by atoms with Crippen molar-refractivity contribution in [3.05, 3.63) is 54.1 Å². The Balaban J connectivity index is 1.46. The average Bonchev–Trinajstić information content (AvgIpc) is 3.28. The molecule has 34 heavy (non-hydrogen) atoms. The highest BCUT2D eigenvalue weighted by Crippen LogP contribution is 2.33. The van der Waals surface area contributed by atoms with Gasteiger partial charge in [-0.2, -0.15) is 4.31 Å². The van der Waals surface area contributed by atoms with Crippen LogP contribution >= 0.6 is 0 Å². The lowest BCUT2D eigenvalue weighted by molar-refractivity contribution is -0.123. The largest absolute Gasteiger partial charge is 0.324 e. The zero-order chi connectivity index (χ0) is 24.3. The molecular weight excluding hydrogens is 452 g/mol. The van der Waals surface area contributed by atoms with Gasteiger partial charge in [-0.25, -0.2) is 13.2 Å². The van der Waals surface area contributed by atoms with Crippen LogP contribution in [0, 0.1) is 5.92 Å². The number of hydrogen-bond donors (Lipinski definition) is 1. The maximum atomic E-state index is 13.4. The fourth-order valence-corrected chi connectivity index (χ4v) is 6.30. The van der Waals surface area contributed by atoms with Crippen molar-refractivity contribution in [2.75, 3.05) is 42.9 Å². The summed E-state index contributed by atoms with van der Waals surface area (Å²) >= 11 is 0. The Morgan fingerprint density at radius 2 is 1.79 bits per heavy atom. The number of para-hydroxylation sites is 1. The average molecular weight is 485 g/mol. The lowest BCUT2D eigenvalue weighted by Gasteiger charge is -2.34. The molecule has 2 aliphatic rings. The number of hydrogen-bond acceptors (Lipinski definition) is 4. The lowest BCUT2D eigenvalue weighted by Crippen LogP contribution is -2.47. The van der Waals surface area contributed by atoms with Gasteiger partial charge in [0.1, 0.15) is 0 Å². The van der Waals surface area contributed by atoms with Crippen LogP contribution < -0.4 is 10.2 Å². The second-order valence-corrected chi connectivity index (χ2v) is 10.6. The first-order valence-corrected chi connectivity index (χ1v) is 13.3. The van der Waals surface area contributed by atoms with Crippen molar-refractivity contribution < 1.29 is 18.0 Å². The topological polar surface area (TPSA) is 90.0 Å². The van der Waals surface area contributed by atoms with Crippen molar-refractivity contribution in [3.63, 3.8) is 0 Å². The van der Waals surface area contributed by atoms with Gasteiger partial charge in [0, 0.05) is 44.1 Å². The SMILES string of the molecule is CCN(CC)S(=O)(=O)c1ccc2c(c1)CCN2C(=O)C1CCCN(C(=O)Nc2ccccc2)C1. The number of anilines is 2. The minimum absolute atomic E-state index is 0.00434. The molecule has 0 bridgehead atoms.